The number of amides is 1. The van der Waals surface area contributed by atoms with Crippen LogP contribution in [0.15, 0.2) is 42.5 Å². The zero-order chi connectivity index (χ0) is 17.8. The summed E-state index contributed by atoms with van der Waals surface area (Å²) in [6.07, 6.45) is 3.61. The van der Waals surface area contributed by atoms with E-state index in [9.17, 15) is 14.9 Å². The summed E-state index contributed by atoms with van der Waals surface area (Å²) in [4.78, 5) is 22.7. The number of hydrogen-bond donors (Lipinski definition) is 1. The molecule has 1 amide bonds. The van der Waals surface area contributed by atoms with E-state index in [2.05, 4.69) is 11.4 Å². The summed E-state index contributed by atoms with van der Waals surface area (Å²) in [7, 11) is 0. The molecule has 6 heteroatoms. The van der Waals surface area contributed by atoms with Gasteiger partial charge < -0.3 is 10.1 Å². The van der Waals surface area contributed by atoms with E-state index >= 15 is 0 Å². The van der Waals surface area contributed by atoms with E-state index in [0.717, 1.165) is 25.0 Å². The Kier molecular flexibility index (Phi) is 4.97. The van der Waals surface area contributed by atoms with E-state index in [-0.39, 0.29) is 11.6 Å². The Bertz CT molecular complexity index is 804. The summed E-state index contributed by atoms with van der Waals surface area (Å²) in [5.41, 5.74) is 2.78. The van der Waals surface area contributed by atoms with Crippen molar-refractivity contribution < 1.29 is 14.5 Å². The number of benzene rings is 2. The maximum Gasteiger partial charge on any atom is 0.271 e. The Morgan fingerprint density at radius 2 is 1.96 bits per heavy atom. The summed E-state index contributed by atoms with van der Waals surface area (Å²) < 4.78 is 5.88. The van der Waals surface area contributed by atoms with E-state index in [4.69, 9.17) is 4.74 Å². The van der Waals surface area contributed by atoms with Crippen molar-refractivity contribution in [1.29, 1.82) is 0 Å². The Balaban J connectivity index is 1.69. The zero-order valence-corrected chi connectivity index (χ0v) is 14.0. The number of carbonyl (C=O) groups excluding carboxylic acids is 1. The third kappa shape index (κ3) is 3.96. The van der Waals surface area contributed by atoms with Gasteiger partial charge in [0.25, 0.3) is 11.6 Å². The highest BCUT2D eigenvalue weighted by atomic mass is 16.6. The minimum atomic E-state index is -0.701. The number of nitro groups is 1. The average molecular weight is 340 g/mol. The number of non-ortho nitro benzene ring substituents is 1. The minimum Gasteiger partial charge on any atom is -0.481 e. The van der Waals surface area contributed by atoms with Gasteiger partial charge in [-0.05, 0) is 55.9 Å². The maximum absolute atomic E-state index is 12.4. The lowest BCUT2D eigenvalue weighted by molar-refractivity contribution is -0.384. The normalized spacial score (nSPS) is 14.3. The number of hydrogen-bond acceptors (Lipinski definition) is 4. The number of fused-ring (bicyclic) bond motifs is 1. The molecule has 1 atom stereocenters. The molecular weight excluding hydrogens is 320 g/mol. The van der Waals surface area contributed by atoms with Gasteiger partial charge in [0.15, 0.2) is 6.10 Å². The summed E-state index contributed by atoms with van der Waals surface area (Å²) in [6.45, 7) is 1.68. The molecule has 0 spiro atoms. The number of carbonyl (C=O) groups is 1. The molecule has 2 aromatic rings. The topological polar surface area (TPSA) is 81.5 Å². The fourth-order valence-electron chi connectivity index (χ4n) is 3.04. The van der Waals surface area contributed by atoms with Gasteiger partial charge in [-0.2, -0.15) is 0 Å². The largest absolute Gasteiger partial charge is 0.481 e. The first-order chi connectivity index (χ1) is 12.0. The first-order valence-electron chi connectivity index (χ1n) is 8.37. The predicted octanol–water partition coefficient (Wildman–Crippen LogP) is 3.88. The van der Waals surface area contributed by atoms with Gasteiger partial charge in [-0.1, -0.05) is 18.2 Å². The molecule has 0 unspecified atom stereocenters. The Morgan fingerprint density at radius 1 is 1.20 bits per heavy atom. The second-order valence-electron chi connectivity index (χ2n) is 6.16. The Labute approximate surface area is 146 Å². The molecule has 2 aromatic carbocycles. The van der Waals surface area contributed by atoms with Crippen LogP contribution in [0, 0.1) is 10.1 Å². The standard InChI is InChI=1S/C19H20N2O4/c1-13(19(22)20-15-8-5-9-16(12-15)21(23)24)25-18-11-4-7-14-6-2-3-10-17(14)18/h4-5,7-9,11-13H,2-3,6,10H2,1H3,(H,20,22)/t13-/m1/s1. The highest BCUT2D eigenvalue weighted by Gasteiger charge is 2.20. The highest BCUT2D eigenvalue weighted by Crippen LogP contribution is 2.30. The van der Waals surface area contributed by atoms with E-state index in [1.54, 1.807) is 13.0 Å². The van der Waals surface area contributed by atoms with Crippen molar-refractivity contribution in [3.8, 4) is 5.75 Å². The van der Waals surface area contributed by atoms with Crippen molar-refractivity contribution in [2.75, 3.05) is 5.32 Å². The Hall–Kier alpha value is -2.89. The molecule has 0 fully saturated rings. The first kappa shape index (κ1) is 17.0. The molecule has 1 N–H and O–H groups in total. The smallest absolute Gasteiger partial charge is 0.271 e. The molecule has 130 valence electrons. The van der Waals surface area contributed by atoms with Crippen LogP contribution < -0.4 is 10.1 Å². The van der Waals surface area contributed by atoms with Crippen LogP contribution in [0.2, 0.25) is 0 Å². The zero-order valence-electron chi connectivity index (χ0n) is 14.0. The third-order valence-corrected chi connectivity index (χ3v) is 4.35. The number of nitro benzene ring substituents is 1. The molecule has 3 rings (SSSR count). The van der Waals surface area contributed by atoms with Crippen LogP contribution in [0.5, 0.6) is 5.75 Å². The average Bonchev–Trinajstić information content (AvgIpc) is 2.62. The summed E-state index contributed by atoms with van der Waals surface area (Å²) in [5, 5.41) is 13.5. The summed E-state index contributed by atoms with van der Waals surface area (Å²) >= 11 is 0. The molecule has 0 aliphatic heterocycles. The number of ether oxygens (including phenoxy) is 1. The number of anilines is 1. The summed E-state index contributed by atoms with van der Waals surface area (Å²) in [5.74, 6) is 0.410. The quantitative estimate of drug-likeness (QED) is 0.661. The van der Waals surface area contributed by atoms with Gasteiger partial charge in [0.1, 0.15) is 5.75 Å². The second-order valence-corrected chi connectivity index (χ2v) is 6.16. The first-order valence-corrected chi connectivity index (χ1v) is 8.37. The van der Waals surface area contributed by atoms with Crippen LogP contribution >= 0.6 is 0 Å². The second kappa shape index (κ2) is 7.34. The highest BCUT2D eigenvalue weighted by molar-refractivity contribution is 5.94. The molecule has 1 aliphatic carbocycles. The van der Waals surface area contributed by atoms with Gasteiger partial charge in [0.05, 0.1) is 4.92 Å². The number of nitrogens with one attached hydrogen (secondary N) is 1. The monoisotopic (exact) mass is 340 g/mol. The number of nitrogens with zero attached hydrogens (tertiary/aromatic N) is 1. The molecule has 6 nitrogen and oxygen atoms in total. The van der Waals surface area contributed by atoms with Crippen LogP contribution in [0.3, 0.4) is 0 Å². The lowest BCUT2D eigenvalue weighted by Gasteiger charge is -2.22. The van der Waals surface area contributed by atoms with Gasteiger partial charge in [0.2, 0.25) is 0 Å². The molecule has 0 aromatic heterocycles. The van der Waals surface area contributed by atoms with E-state index in [1.165, 1.54) is 35.7 Å². The third-order valence-electron chi connectivity index (χ3n) is 4.35. The maximum atomic E-state index is 12.4. The van der Waals surface area contributed by atoms with Crippen molar-refractivity contribution in [3.63, 3.8) is 0 Å². The molecular formula is C19H20N2O4. The van der Waals surface area contributed by atoms with Crippen LogP contribution in [0.25, 0.3) is 0 Å². The minimum absolute atomic E-state index is 0.0662. The van der Waals surface area contributed by atoms with Crippen LogP contribution in [0.4, 0.5) is 11.4 Å². The molecule has 0 heterocycles. The van der Waals surface area contributed by atoms with Gasteiger partial charge in [-0.15, -0.1) is 0 Å². The van der Waals surface area contributed by atoms with E-state index in [0.29, 0.717) is 5.69 Å². The van der Waals surface area contributed by atoms with Crippen molar-refractivity contribution in [2.45, 2.75) is 38.7 Å². The molecule has 0 radical (unpaired) electrons. The summed E-state index contributed by atoms with van der Waals surface area (Å²) in [6, 6.07) is 11.8. The van der Waals surface area contributed by atoms with Crippen LogP contribution in [-0.4, -0.2) is 16.9 Å². The van der Waals surface area contributed by atoms with Crippen molar-refractivity contribution >= 4 is 17.3 Å². The van der Waals surface area contributed by atoms with Crippen LogP contribution in [0.1, 0.15) is 30.9 Å². The van der Waals surface area contributed by atoms with Crippen molar-refractivity contribution in [1.82, 2.24) is 0 Å². The fourth-order valence-corrected chi connectivity index (χ4v) is 3.04. The van der Waals surface area contributed by atoms with Gasteiger partial charge in [-0.25, -0.2) is 0 Å². The molecule has 0 saturated heterocycles. The van der Waals surface area contributed by atoms with Crippen LogP contribution in [-0.2, 0) is 17.6 Å². The number of aryl methyl sites for hydroxylation is 1. The van der Waals surface area contributed by atoms with E-state index in [1.807, 2.05) is 12.1 Å². The van der Waals surface area contributed by atoms with Gasteiger partial charge >= 0.3 is 0 Å². The predicted molar refractivity (Wildman–Crippen MR) is 94.9 cm³/mol. The number of rotatable bonds is 5. The SMILES string of the molecule is C[C@@H](Oc1cccc2c1CCCC2)C(=O)Nc1cccc([N+](=O)[O-])c1. The van der Waals surface area contributed by atoms with Crippen molar-refractivity contribution in [3.05, 3.63) is 63.7 Å². The fraction of sp³-hybridized carbons (Fsp3) is 0.316. The molecule has 0 bridgehead atoms. The van der Waals surface area contributed by atoms with Crippen molar-refractivity contribution in [2.24, 2.45) is 0 Å². The molecule has 25 heavy (non-hydrogen) atoms. The van der Waals surface area contributed by atoms with E-state index < -0.39 is 11.0 Å². The molecule has 0 saturated carbocycles. The Morgan fingerprint density at radius 3 is 2.76 bits per heavy atom. The molecule has 1 aliphatic rings. The van der Waals surface area contributed by atoms with Gasteiger partial charge in [-0.3, -0.25) is 14.9 Å². The lowest BCUT2D eigenvalue weighted by Crippen LogP contribution is -2.30. The lowest BCUT2D eigenvalue weighted by atomic mass is 9.91. The van der Waals surface area contributed by atoms with Gasteiger partial charge in [0, 0.05) is 17.8 Å².